The van der Waals surface area contributed by atoms with Gasteiger partial charge in [0.15, 0.2) is 0 Å². The highest BCUT2D eigenvalue weighted by Gasteiger charge is 2.31. The number of allylic oxidation sites excluding steroid dienone is 1. The molecule has 2 rings (SSSR count). The van der Waals surface area contributed by atoms with E-state index >= 15 is 0 Å². The topological polar surface area (TPSA) is 91.7 Å². The second kappa shape index (κ2) is 4.13. The molecule has 5 nitrogen and oxygen atoms in total. The summed E-state index contributed by atoms with van der Waals surface area (Å²) in [5.41, 5.74) is 0.486. The van der Waals surface area contributed by atoms with Gasteiger partial charge in [-0.1, -0.05) is 6.92 Å². The number of fused-ring (bicyclic) bond motifs is 1. The molecule has 1 heterocycles. The van der Waals surface area contributed by atoms with Crippen LogP contribution < -0.4 is 0 Å². The van der Waals surface area contributed by atoms with Gasteiger partial charge < -0.3 is 10.2 Å². The number of rotatable bonds is 3. The summed E-state index contributed by atoms with van der Waals surface area (Å²) in [5.74, 6) is -1.93. The lowest BCUT2D eigenvalue weighted by Gasteiger charge is -2.07. The Morgan fingerprint density at radius 3 is 2.67 bits per heavy atom. The molecule has 0 aliphatic carbocycles. The van der Waals surface area contributed by atoms with Gasteiger partial charge in [0.25, 0.3) is 0 Å². The Bertz CT molecular complexity index is 642. The molecular weight excluding hydrogens is 256 g/mol. The number of sulfone groups is 1. The van der Waals surface area contributed by atoms with Crippen LogP contribution in [0.4, 0.5) is 0 Å². The molecule has 0 amide bonds. The standard InChI is InChI=1S/C12H12O5S/c1-7(12(14)15)4-10-5-8-2-3-9(13)6-11(8)18(10,16)17/h2-3,5-7,13H,4H2,1H3,(H,14,15). The highest BCUT2D eigenvalue weighted by atomic mass is 32.2. The van der Waals surface area contributed by atoms with Crippen molar-refractivity contribution in [1.29, 1.82) is 0 Å². The molecule has 0 aromatic heterocycles. The maximum absolute atomic E-state index is 12.1. The Labute approximate surface area is 104 Å². The van der Waals surface area contributed by atoms with Crippen molar-refractivity contribution in [2.75, 3.05) is 0 Å². The summed E-state index contributed by atoms with van der Waals surface area (Å²) in [6, 6.07) is 4.08. The molecule has 0 bridgehead atoms. The number of hydrogen-bond donors (Lipinski definition) is 2. The van der Waals surface area contributed by atoms with Crippen molar-refractivity contribution < 1.29 is 23.4 Å². The van der Waals surface area contributed by atoms with Crippen LogP contribution in [0.2, 0.25) is 0 Å². The van der Waals surface area contributed by atoms with E-state index in [0.717, 1.165) is 0 Å². The number of carbonyl (C=O) groups is 1. The van der Waals surface area contributed by atoms with Crippen molar-refractivity contribution in [3.05, 3.63) is 28.7 Å². The maximum atomic E-state index is 12.1. The van der Waals surface area contributed by atoms with E-state index in [9.17, 15) is 18.3 Å². The van der Waals surface area contributed by atoms with Gasteiger partial charge in [-0.15, -0.1) is 0 Å². The van der Waals surface area contributed by atoms with Crippen molar-refractivity contribution >= 4 is 21.9 Å². The van der Waals surface area contributed by atoms with Crippen LogP contribution in [-0.4, -0.2) is 24.6 Å². The van der Waals surface area contributed by atoms with E-state index in [1.807, 2.05) is 0 Å². The molecule has 18 heavy (non-hydrogen) atoms. The molecule has 6 heteroatoms. The van der Waals surface area contributed by atoms with Crippen molar-refractivity contribution in [3.63, 3.8) is 0 Å². The molecule has 2 N–H and O–H groups in total. The first kappa shape index (κ1) is 12.6. The molecule has 1 aliphatic rings. The van der Waals surface area contributed by atoms with E-state index in [0.29, 0.717) is 5.56 Å². The summed E-state index contributed by atoms with van der Waals surface area (Å²) in [5, 5.41) is 18.1. The minimum Gasteiger partial charge on any atom is -0.508 e. The van der Waals surface area contributed by atoms with Crippen molar-refractivity contribution in [3.8, 4) is 5.75 Å². The average Bonchev–Trinajstić information content (AvgIpc) is 2.52. The quantitative estimate of drug-likeness (QED) is 0.869. The van der Waals surface area contributed by atoms with Crippen LogP contribution in [0, 0.1) is 5.92 Å². The summed E-state index contributed by atoms with van der Waals surface area (Å²) in [7, 11) is -3.66. The number of hydrogen-bond acceptors (Lipinski definition) is 4. The van der Waals surface area contributed by atoms with Crippen LogP contribution in [0.5, 0.6) is 5.75 Å². The fourth-order valence-electron chi connectivity index (χ4n) is 1.82. The van der Waals surface area contributed by atoms with Crippen molar-refractivity contribution in [2.45, 2.75) is 18.2 Å². The van der Waals surface area contributed by atoms with Gasteiger partial charge in [0.1, 0.15) is 5.75 Å². The van der Waals surface area contributed by atoms with Gasteiger partial charge in [-0.05, 0) is 36.3 Å². The second-order valence-corrected chi connectivity index (χ2v) is 6.25. The third kappa shape index (κ3) is 1.99. The lowest BCUT2D eigenvalue weighted by Crippen LogP contribution is -2.12. The fourth-order valence-corrected chi connectivity index (χ4v) is 3.57. The van der Waals surface area contributed by atoms with Crippen LogP contribution >= 0.6 is 0 Å². The molecule has 1 unspecified atom stereocenters. The molecule has 1 aromatic rings. The van der Waals surface area contributed by atoms with E-state index in [-0.39, 0.29) is 22.0 Å². The zero-order chi connectivity index (χ0) is 13.5. The Morgan fingerprint density at radius 2 is 2.06 bits per heavy atom. The Hall–Kier alpha value is -1.82. The van der Waals surface area contributed by atoms with E-state index in [1.54, 1.807) is 0 Å². The lowest BCUT2D eigenvalue weighted by molar-refractivity contribution is -0.141. The zero-order valence-corrected chi connectivity index (χ0v) is 10.4. The number of aromatic hydroxyl groups is 1. The molecule has 0 saturated carbocycles. The molecular formula is C12H12O5S. The average molecular weight is 268 g/mol. The van der Waals surface area contributed by atoms with Gasteiger partial charge in [0, 0.05) is 0 Å². The highest BCUT2D eigenvalue weighted by molar-refractivity contribution is 7.95. The summed E-state index contributed by atoms with van der Waals surface area (Å²) in [4.78, 5) is 10.9. The van der Waals surface area contributed by atoms with Crippen LogP contribution in [0.1, 0.15) is 18.9 Å². The predicted molar refractivity (Wildman–Crippen MR) is 64.7 cm³/mol. The monoisotopic (exact) mass is 268 g/mol. The SMILES string of the molecule is CC(CC1=Cc2ccc(O)cc2S1(=O)=O)C(=O)O. The van der Waals surface area contributed by atoms with Crippen LogP contribution in [0.15, 0.2) is 28.0 Å². The molecule has 96 valence electrons. The largest absolute Gasteiger partial charge is 0.508 e. The highest BCUT2D eigenvalue weighted by Crippen LogP contribution is 2.37. The molecule has 0 fully saturated rings. The van der Waals surface area contributed by atoms with Gasteiger partial charge in [0.2, 0.25) is 9.84 Å². The number of carboxylic acids is 1. The molecule has 0 radical (unpaired) electrons. The number of aliphatic carboxylic acids is 1. The summed E-state index contributed by atoms with van der Waals surface area (Å²) in [6.07, 6.45) is 1.41. The van der Waals surface area contributed by atoms with E-state index in [4.69, 9.17) is 5.11 Å². The van der Waals surface area contributed by atoms with Crippen LogP contribution in [0.25, 0.3) is 6.08 Å². The van der Waals surface area contributed by atoms with Gasteiger partial charge in [-0.25, -0.2) is 8.42 Å². The van der Waals surface area contributed by atoms with Crippen LogP contribution in [0.3, 0.4) is 0 Å². The van der Waals surface area contributed by atoms with Gasteiger partial charge >= 0.3 is 5.97 Å². The van der Waals surface area contributed by atoms with Crippen LogP contribution in [-0.2, 0) is 14.6 Å². The first-order chi connectivity index (χ1) is 8.32. The number of phenolic OH excluding ortho intramolecular Hbond substituents is 1. The maximum Gasteiger partial charge on any atom is 0.306 e. The third-order valence-electron chi connectivity index (χ3n) is 2.88. The smallest absolute Gasteiger partial charge is 0.306 e. The molecule has 0 saturated heterocycles. The van der Waals surface area contributed by atoms with Crippen molar-refractivity contribution in [1.82, 2.24) is 0 Å². The Morgan fingerprint density at radius 1 is 1.39 bits per heavy atom. The van der Waals surface area contributed by atoms with E-state index in [1.165, 1.54) is 31.2 Å². The normalized spacial score (nSPS) is 17.9. The molecule has 1 aliphatic heterocycles. The minimum absolute atomic E-state index is 0.0371. The van der Waals surface area contributed by atoms with Gasteiger partial charge in [-0.3, -0.25) is 4.79 Å². The van der Waals surface area contributed by atoms with Crippen molar-refractivity contribution in [2.24, 2.45) is 5.92 Å². The predicted octanol–water partition coefficient (Wildman–Crippen LogP) is 1.63. The lowest BCUT2D eigenvalue weighted by atomic mass is 10.1. The number of carboxylic acid groups (broad SMARTS) is 1. The molecule has 1 aromatic carbocycles. The minimum atomic E-state index is -3.66. The Balaban J connectivity index is 2.41. The second-order valence-electron chi connectivity index (χ2n) is 4.28. The molecule has 0 spiro atoms. The van der Waals surface area contributed by atoms with E-state index < -0.39 is 21.7 Å². The van der Waals surface area contributed by atoms with E-state index in [2.05, 4.69) is 0 Å². The van der Waals surface area contributed by atoms with Gasteiger partial charge in [-0.2, -0.15) is 0 Å². The number of benzene rings is 1. The zero-order valence-electron chi connectivity index (χ0n) is 9.62. The van der Waals surface area contributed by atoms with Gasteiger partial charge in [0.05, 0.1) is 15.7 Å². The summed E-state index contributed by atoms with van der Waals surface area (Å²) < 4.78 is 24.2. The third-order valence-corrected chi connectivity index (χ3v) is 4.78. The Kier molecular flexibility index (Phi) is 2.90. The number of phenols is 1. The first-order valence-electron chi connectivity index (χ1n) is 5.34. The fraction of sp³-hybridized carbons (Fsp3) is 0.250. The summed E-state index contributed by atoms with van der Waals surface area (Å²) >= 11 is 0. The summed E-state index contributed by atoms with van der Waals surface area (Å²) in [6.45, 7) is 1.46. The molecule has 1 atom stereocenters. The first-order valence-corrected chi connectivity index (χ1v) is 6.82.